The molecule has 0 radical (unpaired) electrons. The number of benzene rings is 2. The van der Waals surface area contributed by atoms with E-state index in [2.05, 4.69) is 42.4 Å². The summed E-state index contributed by atoms with van der Waals surface area (Å²) in [6.07, 6.45) is 1.89. The molecule has 0 aliphatic carbocycles. The van der Waals surface area contributed by atoms with Gasteiger partial charge in [0.15, 0.2) is 5.65 Å². The third kappa shape index (κ3) is 2.07. The largest absolute Gasteiger partial charge is 0.228 e. The maximum absolute atomic E-state index is 4.84. The van der Waals surface area contributed by atoms with Crippen LogP contribution in [0.25, 0.3) is 28.0 Å². The van der Waals surface area contributed by atoms with Gasteiger partial charge >= 0.3 is 0 Å². The van der Waals surface area contributed by atoms with Gasteiger partial charge in [-0.3, -0.25) is 0 Å². The van der Waals surface area contributed by atoms with Crippen LogP contribution in [0.4, 0.5) is 0 Å². The summed E-state index contributed by atoms with van der Waals surface area (Å²) in [6.45, 7) is 2.06. The summed E-state index contributed by atoms with van der Waals surface area (Å²) < 4.78 is 1.90. The molecule has 0 N–H and O–H groups in total. The number of hydrogen-bond acceptors (Lipinski definition) is 2. The first-order valence-electron chi connectivity index (χ1n) is 7.29. The molecule has 0 aliphatic rings. The molecule has 0 bridgehead atoms. The molecule has 22 heavy (non-hydrogen) atoms. The molecular weight excluding hydrogens is 270 g/mol. The second-order valence-corrected chi connectivity index (χ2v) is 5.31. The van der Waals surface area contributed by atoms with Crippen molar-refractivity contribution in [2.75, 3.05) is 0 Å². The minimum absolute atomic E-state index is 0.894. The maximum Gasteiger partial charge on any atom is 0.163 e. The zero-order chi connectivity index (χ0) is 14.9. The highest BCUT2D eigenvalue weighted by molar-refractivity contribution is 5.78. The van der Waals surface area contributed by atoms with Gasteiger partial charge in [0.25, 0.3) is 0 Å². The van der Waals surface area contributed by atoms with E-state index >= 15 is 0 Å². The average molecular weight is 285 g/mol. The molecule has 0 aliphatic heterocycles. The second-order valence-electron chi connectivity index (χ2n) is 5.31. The first kappa shape index (κ1) is 12.8. The molecule has 0 amide bonds. The molecule has 2 aromatic heterocycles. The zero-order valence-corrected chi connectivity index (χ0v) is 12.3. The van der Waals surface area contributed by atoms with E-state index in [0.29, 0.717) is 0 Å². The zero-order valence-electron chi connectivity index (χ0n) is 12.3. The molecule has 0 unspecified atom stereocenters. The molecule has 4 aromatic rings. The number of fused-ring (bicyclic) bond motifs is 1. The van der Waals surface area contributed by atoms with Crippen LogP contribution in [0.2, 0.25) is 0 Å². The SMILES string of the molecule is Cc1cc(-c2ccccc2)nc2c(-c3ccccc3)cnn12. The Morgan fingerprint density at radius 1 is 0.818 bits per heavy atom. The quantitative estimate of drug-likeness (QED) is 0.547. The molecule has 0 fully saturated rings. The summed E-state index contributed by atoms with van der Waals surface area (Å²) in [5.74, 6) is 0. The molecule has 2 aromatic carbocycles. The maximum atomic E-state index is 4.84. The van der Waals surface area contributed by atoms with Gasteiger partial charge < -0.3 is 0 Å². The lowest BCUT2D eigenvalue weighted by molar-refractivity contribution is 0.896. The molecule has 3 nitrogen and oxygen atoms in total. The number of nitrogens with zero attached hydrogens (tertiary/aromatic N) is 3. The molecule has 0 saturated carbocycles. The minimum atomic E-state index is 0.894. The van der Waals surface area contributed by atoms with Crippen molar-refractivity contribution in [2.45, 2.75) is 6.92 Å². The molecule has 0 spiro atoms. The molecule has 4 rings (SSSR count). The van der Waals surface area contributed by atoms with Crippen LogP contribution in [-0.2, 0) is 0 Å². The lowest BCUT2D eigenvalue weighted by Gasteiger charge is -2.06. The lowest BCUT2D eigenvalue weighted by atomic mass is 10.1. The van der Waals surface area contributed by atoms with E-state index in [0.717, 1.165) is 33.7 Å². The van der Waals surface area contributed by atoms with Crippen LogP contribution < -0.4 is 0 Å². The van der Waals surface area contributed by atoms with Crippen molar-refractivity contribution in [2.24, 2.45) is 0 Å². The Morgan fingerprint density at radius 3 is 2.14 bits per heavy atom. The minimum Gasteiger partial charge on any atom is -0.228 e. The highest BCUT2D eigenvalue weighted by Crippen LogP contribution is 2.26. The second kappa shape index (κ2) is 5.11. The summed E-state index contributed by atoms with van der Waals surface area (Å²) in [4.78, 5) is 4.84. The summed E-state index contributed by atoms with van der Waals surface area (Å²) in [7, 11) is 0. The fourth-order valence-electron chi connectivity index (χ4n) is 2.69. The third-order valence-electron chi connectivity index (χ3n) is 3.80. The van der Waals surface area contributed by atoms with E-state index in [1.54, 1.807) is 0 Å². The summed E-state index contributed by atoms with van der Waals surface area (Å²) in [5.41, 5.74) is 6.25. The number of aromatic nitrogens is 3. The molecule has 106 valence electrons. The van der Waals surface area contributed by atoms with Gasteiger partial charge in [-0.05, 0) is 18.6 Å². The number of aryl methyl sites for hydroxylation is 1. The van der Waals surface area contributed by atoms with Crippen molar-refractivity contribution in [1.82, 2.24) is 14.6 Å². The normalized spacial score (nSPS) is 11.0. The van der Waals surface area contributed by atoms with E-state index < -0.39 is 0 Å². The van der Waals surface area contributed by atoms with Crippen molar-refractivity contribution < 1.29 is 0 Å². The fourth-order valence-corrected chi connectivity index (χ4v) is 2.69. The van der Waals surface area contributed by atoms with Crippen molar-refractivity contribution in [3.63, 3.8) is 0 Å². The molecule has 3 heteroatoms. The Morgan fingerprint density at radius 2 is 1.45 bits per heavy atom. The molecule has 2 heterocycles. The van der Waals surface area contributed by atoms with Crippen molar-refractivity contribution in [3.05, 3.63) is 78.6 Å². The van der Waals surface area contributed by atoms with Gasteiger partial charge in [0.2, 0.25) is 0 Å². The van der Waals surface area contributed by atoms with Gasteiger partial charge in [-0.15, -0.1) is 0 Å². The van der Waals surface area contributed by atoms with Crippen LogP contribution in [0.15, 0.2) is 72.9 Å². The van der Waals surface area contributed by atoms with E-state index in [1.807, 2.05) is 47.1 Å². The van der Waals surface area contributed by atoms with Crippen LogP contribution >= 0.6 is 0 Å². The Hall–Kier alpha value is -2.94. The van der Waals surface area contributed by atoms with Crippen LogP contribution in [0.1, 0.15) is 5.69 Å². The van der Waals surface area contributed by atoms with Crippen LogP contribution in [0.3, 0.4) is 0 Å². The number of hydrogen-bond donors (Lipinski definition) is 0. The van der Waals surface area contributed by atoms with Gasteiger partial charge in [0.1, 0.15) is 0 Å². The summed E-state index contributed by atoms with van der Waals surface area (Å²) in [5, 5.41) is 4.48. The molecule has 0 saturated heterocycles. The lowest BCUT2D eigenvalue weighted by Crippen LogP contribution is -1.97. The monoisotopic (exact) mass is 285 g/mol. The Bertz CT molecular complexity index is 925. The van der Waals surface area contributed by atoms with Crippen LogP contribution in [-0.4, -0.2) is 14.6 Å². The molecular formula is C19H15N3. The standard InChI is InChI=1S/C19H15N3/c1-14-12-18(16-10-6-3-7-11-16)21-19-17(13-20-22(14)19)15-8-4-2-5-9-15/h2-13H,1H3. The van der Waals surface area contributed by atoms with Crippen LogP contribution in [0, 0.1) is 6.92 Å². The van der Waals surface area contributed by atoms with Gasteiger partial charge in [-0.25, -0.2) is 9.50 Å². The van der Waals surface area contributed by atoms with E-state index in [4.69, 9.17) is 4.98 Å². The smallest absolute Gasteiger partial charge is 0.163 e. The first-order chi connectivity index (χ1) is 10.8. The Balaban J connectivity index is 1.97. The topological polar surface area (TPSA) is 30.2 Å². The van der Waals surface area contributed by atoms with Gasteiger partial charge in [0.05, 0.1) is 11.9 Å². The number of rotatable bonds is 2. The fraction of sp³-hybridized carbons (Fsp3) is 0.0526. The van der Waals surface area contributed by atoms with Crippen LogP contribution in [0.5, 0.6) is 0 Å². The predicted molar refractivity (Wildman–Crippen MR) is 88.6 cm³/mol. The van der Waals surface area contributed by atoms with Gasteiger partial charge in [-0.2, -0.15) is 5.10 Å². The third-order valence-corrected chi connectivity index (χ3v) is 3.80. The van der Waals surface area contributed by atoms with Gasteiger partial charge in [-0.1, -0.05) is 60.7 Å². The van der Waals surface area contributed by atoms with Crippen molar-refractivity contribution in [3.8, 4) is 22.4 Å². The Kier molecular flexibility index (Phi) is 2.97. The summed E-state index contributed by atoms with van der Waals surface area (Å²) >= 11 is 0. The Labute approximate surface area is 128 Å². The first-order valence-corrected chi connectivity index (χ1v) is 7.29. The van der Waals surface area contributed by atoms with Crippen molar-refractivity contribution >= 4 is 5.65 Å². The van der Waals surface area contributed by atoms with E-state index in [1.165, 1.54) is 0 Å². The highest BCUT2D eigenvalue weighted by atomic mass is 15.3. The van der Waals surface area contributed by atoms with Crippen molar-refractivity contribution in [1.29, 1.82) is 0 Å². The summed E-state index contributed by atoms with van der Waals surface area (Å²) in [6, 6.07) is 22.6. The molecule has 0 atom stereocenters. The highest BCUT2D eigenvalue weighted by Gasteiger charge is 2.11. The average Bonchev–Trinajstić information content (AvgIpc) is 3.01. The predicted octanol–water partition coefficient (Wildman–Crippen LogP) is 4.37. The van der Waals surface area contributed by atoms with E-state index in [-0.39, 0.29) is 0 Å². The van der Waals surface area contributed by atoms with E-state index in [9.17, 15) is 0 Å². The van der Waals surface area contributed by atoms with Gasteiger partial charge in [0, 0.05) is 16.8 Å².